The second-order valence-corrected chi connectivity index (χ2v) is 6.19. The fourth-order valence-corrected chi connectivity index (χ4v) is 3.82. The van der Waals surface area contributed by atoms with Gasteiger partial charge in [0.05, 0.1) is 0 Å². The van der Waals surface area contributed by atoms with E-state index in [9.17, 15) is 4.79 Å². The van der Waals surface area contributed by atoms with Gasteiger partial charge in [0, 0.05) is 17.2 Å². The van der Waals surface area contributed by atoms with Crippen LogP contribution in [0.4, 0.5) is 0 Å². The Hall–Kier alpha value is -1.79. The number of rotatable bonds is 2. The van der Waals surface area contributed by atoms with Crippen molar-refractivity contribution in [3.63, 3.8) is 0 Å². The van der Waals surface area contributed by atoms with Gasteiger partial charge in [-0.25, -0.2) is 0 Å². The smallest absolute Gasteiger partial charge is 0.251 e. The quantitative estimate of drug-likeness (QED) is 0.818. The third-order valence-corrected chi connectivity index (χ3v) is 4.94. The van der Waals surface area contributed by atoms with Crippen LogP contribution in [0.25, 0.3) is 0 Å². The summed E-state index contributed by atoms with van der Waals surface area (Å²) in [5.74, 6) is 7.05. The monoisotopic (exact) mass is 283 g/mol. The number of fused-ring (bicyclic) bond motifs is 2. The Balaban J connectivity index is 1.75. The summed E-state index contributed by atoms with van der Waals surface area (Å²) in [6.45, 7) is 1.75. The van der Waals surface area contributed by atoms with Gasteiger partial charge < -0.3 is 10.4 Å². The first kappa shape index (κ1) is 14.2. The molecular weight excluding hydrogens is 262 g/mol. The molecule has 3 heteroatoms. The fourth-order valence-electron chi connectivity index (χ4n) is 3.82. The highest BCUT2D eigenvalue weighted by atomic mass is 16.2. The van der Waals surface area contributed by atoms with Crippen molar-refractivity contribution >= 4 is 5.91 Å². The molecular formula is C18H21NO2. The predicted octanol–water partition coefficient (Wildman–Crippen LogP) is 2.26. The summed E-state index contributed by atoms with van der Waals surface area (Å²) in [6.07, 6.45) is 5.02. The van der Waals surface area contributed by atoms with Crippen molar-refractivity contribution in [1.29, 1.82) is 0 Å². The van der Waals surface area contributed by atoms with Gasteiger partial charge in [0.2, 0.25) is 0 Å². The van der Waals surface area contributed by atoms with E-state index in [1.807, 2.05) is 25.1 Å². The molecule has 2 aliphatic rings. The molecule has 2 fully saturated rings. The first-order valence-corrected chi connectivity index (χ1v) is 7.69. The minimum atomic E-state index is -0.166. The highest BCUT2D eigenvalue weighted by Gasteiger charge is 2.40. The van der Waals surface area contributed by atoms with E-state index in [4.69, 9.17) is 5.11 Å². The summed E-state index contributed by atoms with van der Waals surface area (Å²) in [4.78, 5) is 12.5. The van der Waals surface area contributed by atoms with Crippen LogP contribution in [0.15, 0.2) is 18.2 Å². The van der Waals surface area contributed by atoms with Crippen LogP contribution in [0.3, 0.4) is 0 Å². The Labute approximate surface area is 125 Å². The fraction of sp³-hybridized carbons (Fsp3) is 0.500. The molecule has 0 aliphatic heterocycles. The topological polar surface area (TPSA) is 49.3 Å². The summed E-state index contributed by atoms with van der Waals surface area (Å²) in [6, 6.07) is 5.93. The standard InChI is InChI=1S/C18H21NO2/c1-12-14(5-3-9-20)4-2-6-16(12)18(21)19-17-11-13-7-8-15(17)10-13/h2,4,6,13,15,17,20H,7-11H2,1H3,(H,19,21). The molecule has 0 radical (unpaired) electrons. The number of benzene rings is 1. The number of carbonyl (C=O) groups is 1. The van der Waals surface area contributed by atoms with Gasteiger partial charge in [0.25, 0.3) is 5.91 Å². The van der Waals surface area contributed by atoms with E-state index in [0.717, 1.165) is 23.5 Å². The summed E-state index contributed by atoms with van der Waals surface area (Å²) in [5.41, 5.74) is 2.39. The molecule has 3 rings (SSSR count). The first-order chi connectivity index (χ1) is 10.2. The molecule has 2 saturated carbocycles. The number of nitrogens with one attached hydrogen (secondary N) is 1. The Morgan fingerprint density at radius 1 is 1.38 bits per heavy atom. The molecule has 1 amide bonds. The molecule has 2 N–H and O–H groups in total. The molecule has 0 spiro atoms. The van der Waals surface area contributed by atoms with Crippen LogP contribution in [0.2, 0.25) is 0 Å². The molecule has 1 aromatic carbocycles. The summed E-state index contributed by atoms with van der Waals surface area (Å²) in [5, 5.41) is 12.0. The SMILES string of the molecule is Cc1c(C#CCO)cccc1C(=O)NC1CC2CCC1C2. The maximum absolute atomic E-state index is 12.5. The van der Waals surface area contributed by atoms with Crippen LogP contribution < -0.4 is 5.32 Å². The first-order valence-electron chi connectivity index (χ1n) is 7.69. The highest BCUT2D eigenvalue weighted by molar-refractivity contribution is 5.96. The minimum Gasteiger partial charge on any atom is -0.384 e. The molecule has 0 saturated heterocycles. The Bertz CT molecular complexity index is 611. The number of amides is 1. The van der Waals surface area contributed by atoms with E-state index in [1.54, 1.807) is 0 Å². The van der Waals surface area contributed by atoms with Crippen molar-refractivity contribution in [3.05, 3.63) is 34.9 Å². The molecule has 1 aromatic rings. The molecule has 3 atom stereocenters. The predicted molar refractivity (Wildman–Crippen MR) is 81.8 cm³/mol. The van der Waals surface area contributed by atoms with Crippen molar-refractivity contribution in [1.82, 2.24) is 5.32 Å². The maximum atomic E-state index is 12.5. The number of hydrogen-bond acceptors (Lipinski definition) is 2. The maximum Gasteiger partial charge on any atom is 0.251 e. The van der Waals surface area contributed by atoms with E-state index in [1.165, 1.54) is 19.3 Å². The van der Waals surface area contributed by atoms with E-state index in [2.05, 4.69) is 17.2 Å². The van der Waals surface area contributed by atoms with Crippen LogP contribution in [0, 0.1) is 30.6 Å². The Kier molecular flexibility index (Phi) is 3.98. The Morgan fingerprint density at radius 3 is 2.90 bits per heavy atom. The molecule has 0 aromatic heterocycles. The van der Waals surface area contributed by atoms with Crippen molar-refractivity contribution < 1.29 is 9.90 Å². The third-order valence-electron chi connectivity index (χ3n) is 4.94. The van der Waals surface area contributed by atoms with Gasteiger partial charge in [-0.05, 0) is 55.7 Å². The van der Waals surface area contributed by atoms with Gasteiger partial charge in [-0.2, -0.15) is 0 Å². The second kappa shape index (κ2) is 5.91. The van der Waals surface area contributed by atoms with Crippen LogP contribution in [0.5, 0.6) is 0 Å². The summed E-state index contributed by atoms with van der Waals surface area (Å²) in [7, 11) is 0. The van der Waals surface area contributed by atoms with E-state index in [0.29, 0.717) is 17.5 Å². The largest absolute Gasteiger partial charge is 0.384 e. The molecule has 110 valence electrons. The van der Waals surface area contributed by atoms with Crippen LogP contribution in [0.1, 0.15) is 47.2 Å². The van der Waals surface area contributed by atoms with Crippen molar-refractivity contribution in [3.8, 4) is 11.8 Å². The number of carbonyl (C=O) groups excluding carboxylic acids is 1. The van der Waals surface area contributed by atoms with Crippen molar-refractivity contribution in [2.24, 2.45) is 11.8 Å². The van der Waals surface area contributed by atoms with E-state index >= 15 is 0 Å². The van der Waals surface area contributed by atoms with Gasteiger partial charge in [-0.1, -0.05) is 24.3 Å². The Morgan fingerprint density at radius 2 is 2.24 bits per heavy atom. The molecule has 3 nitrogen and oxygen atoms in total. The lowest BCUT2D eigenvalue weighted by Gasteiger charge is -2.23. The molecule has 2 bridgehead atoms. The number of aliphatic hydroxyl groups excluding tert-OH is 1. The number of hydrogen-bond donors (Lipinski definition) is 2. The normalized spacial score (nSPS) is 26.3. The molecule has 2 aliphatic carbocycles. The van der Waals surface area contributed by atoms with Gasteiger partial charge in [0.1, 0.15) is 6.61 Å². The molecule has 3 unspecified atom stereocenters. The summed E-state index contributed by atoms with van der Waals surface area (Å²) < 4.78 is 0. The lowest BCUT2D eigenvalue weighted by Crippen LogP contribution is -2.38. The van der Waals surface area contributed by atoms with Gasteiger partial charge in [0.15, 0.2) is 0 Å². The van der Waals surface area contributed by atoms with Gasteiger partial charge >= 0.3 is 0 Å². The zero-order chi connectivity index (χ0) is 14.8. The summed E-state index contributed by atoms with van der Waals surface area (Å²) >= 11 is 0. The van der Waals surface area contributed by atoms with E-state index < -0.39 is 0 Å². The molecule has 0 heterocycles. The minimum absolute atomic E-state index is 0.0118. The van der Waals surface area contributed by atoms with Crippen LogP contribution in [-0.4, -0.2) is 23.7 Å². The average Bonchev–Trinajstić information content (AvgIpc) is 3.08. The number of aliphatic hydroxyl groups is 1. The average molecular weight is 283 g/mol. The second-order valence-electron chi connectivity index (χ2n) is 6.19. The van der Waals surface area contributed by atoms with Gasteiger partial charge in [-0.15, -0.1) is 0 Å². The van der Waals surface area contributed by atoms with Crippen LogP contribution in [-0.2, 0) is 0 Å². The molecule has 21 heavy (non-hydrogen) atoms. The lowest BCUT2D eigenvalue weighted by molar-refractivity contribution is 0.0922. The lowest BCUT2D eigenvalue weighted by atomic mass is 9.94. The van der Waals surface area contributed by atoms with Gasteiger partial charge in [-0.3, -0.25) is 4.79 Å². The third kappa shape index (κ3) is 2.82. The van der Waals surface area contributed by atoms with Crippen molar-refractivity contribution in [2.45, 2.75) is 38.6 Å². The van der Waals surface area contributed by atoms with Crippen LogP contribution >= 0.6 is 0 Å². The zero-order valence-electron chi connectivity index (χ0n) is 12.4. The zero-order valence-corrected chi connectivity index (χ0v) is 12.4. The van der Waals surface area contributed by atoms with E-state index in [-0.39, 0.29) is 12.5 Å². The highest BCUT2D eigenvalue weighted by Crippen LogP contribution is 2.44. The van der Waals surface area contributed by atoms with Crippen molar-refractivity contribution in [2.75, 3.05) is 6.61 Å².